The van der Waals surface area contributed by atoms with Crippen LogP contribution in [0.4, 0.5) is 0 Å². The van der Waals surface area contributed by atoms with E-state index in [0.29, 0.717) is 6.04 Å². The molecule has 1 aliphatic rings. The van der Waals surface area contributed by atoms with Crippen molar-refractivity contribution in [2.75, 3.05) is 12.3 Å². The summed E-state index contributed by atoms with van der Waals surface area (Å²) < 4.78 is 0. The molecule has 1 heterocycles. The molecule has 12 heavy (non-hydrogen) atoms. The first-order valence-corrected chi connectivity index (χ1v) is 5.17. The van der Waals surface area contributed by atoms with E-state index in [-0.39, 0.29) is 22.4 Å². The largest absolute Gasteiger partial charge is 0.793 e. The Kier molecular flexibility index (Phi) is 7.06. The second-order valence-corrected chi connectivity index (χ2v) is 4.03. The van der Waals surface area contributed by atoms with Crippen molar-refractivity contribution in [2.45, 2.75) is 45.2 Å². The molecular weight excluding hydrogens is 335 g/mol. The predicted octanol–water partition coefficient (Wildman–Crippen LogP) is 1.79. The molecule has 0 aromatic rings. The van der Waals surface area contributed by atoms with Crippen LogP contribution in [0.3, 0.4) is 0 Å². The van der Waals surface area contributed by atoms with E-state index < -0.39 is 0 Å². The zero-order valence-corrected chi connectivity index (χ0v) is 12.0. The van der Waals surface area contributed by atoms with Crippen molar-refractivity contribution in [1.82, 2.24) is 4.90 Å². The van der Waals surface area contributed by atoms with E-state index in [4.69, 9.17) is 12.6 Å². The fourth-order valence-electron chi connectivity index (χ4n) is 1.98. The van der Waals surface area contributed by atoms with Crippen molar-refractivity contribution in [3.63, 3.8) is 0 Å². The second kappa shape index (κ2) is 6.50. The Bertz CT molecular complexity index is 119. The summed E-state index contributed by atoms with van der Waals surface area (Å²) in [7, 11) is 0. The van der Waals surface area contributed by atoms with Gasteiger partial charge in [-0.15, -0.1) is 0 Å². The molecule has 0 amide bonds. The van der Waals surface area contributed by atoms with Crippen molar-refractivity contribution in [3.05, 3.63) is 0 Å². The summed E-state index contributed by atoms with van der Waals surface area (Å²) in [5.41, 5.74) is 0. The summed E-state index contributed by atoms with van der Waals surface area (Å²) in [5.74, 6) is 0.924. The first kappa shape index (κ1) is 13.1. The van der Waals surface area contributed by atoms with Gasteiger partial charge < -0.3 is 12.6 Å². The third-order valence-corrected chi connectivity index (χ3v) is 2.77. The average Bonchev–Trinajstić information content (AvgIpc) is 2.36. The van der Waals surface area contributed by atoms with Crippen molar-refractivity contribution in [2.24, 2.45) is 0 Å². The third kappa shape index (κ3) is 3.43. The molecule has 71 valence electrons. The monoisotopic (exact) mass is 353 g/mol. The van der Waals surface area contributed by atoms with Gasteiger partial charge in [-0.25, -0.2) is 0 Å². The summed E-state index contributed by atoms with van der Waals surface area (Å²) in [6, 6.07) is 1.51. The quantitative estimate of drug-likeness (QED) is 0.712. The minimum absolute atomic E-state index is 0. The molecule has 1 atom stereocenters. The van der Waals surface area contributed by atoms with Gasteiger partial charge in [0.25, 0.3) is 0 Å². The van der Waals surface area contributed by atoms with Crippen LogP contribution in [0.5, 0.6) is 0 Å². The van der Waals surface area contributed by atoms with Gasteiger partial charge in [-0.1, -0.05) is 6.42 Å². The topological polar surface area (TPSA) is 3.24 Å². The maximum Gasteiger partial charge on any atom is 0.00801 e. The molecule has 1 rings (SSSR count). The van der Waals surface area contributed by atoms with E-state index in [1.165, 1.54) is 25.8 Å². The molecule has 0 bridgehead atoms. The molecule has 1 nitrogen and oxygen atoms in total. The molecule has 1 radical (unpaired) electrons. The first-order chi connectivity index (χ1) is 5.25. The average molecular weight is 353 g/mol. The molecule has 1 saturated heterocycles. The van der Waals surface area contributed by atoms with Crippen LogP contribution in [-0.2, 0) is 35.0 Å². The van der Waals surface area contributed by atoms with Gasteiger partial charge in [0, 0.05) is 34.5 Å². The molecule has 0 aromatic heterocycles. The molecule has 0 aromatic carbocycles. The molecule has 0 N–H and O–H groups in total. The summed E-state index contributed by atoms with van der Waals surface area (Å²) in [4.78, 5) is 2.59. The Morgan fingerprint density at radius 2 is 2.17 bits per heavy atom. The van der Waals surface area contributed by atoms with Crippen LogP contribution in [0, 0.1) is 0 Å². The molecule has 0 spiro atoms. The van der Waals surface area contributed by atoms with Gasteiger partial charge in [-0.05, 0) is 33.2 Å². The Morgan fingerprint density at radius 3 is 2.67 bits per heavy atom. The van der Waals surface area contributed by atoms with Gasteiger partial charge in [0.05, 0.1) is 0 Å². The van der Waals surface area contributed by atoms with Crippen LogP contribution in [0.2, 0.25) is 0 Å². The Balaban J connectivity index is 0.00000121. The SMILES string of the molecule is CC(C)N1CCCC1CC[S-].[Ta]. The van der Waals surface area contributed by atoms with Crippen molar-refractivity contribution >= 4 is 12.6 Å². The summed E-state index contributed by atoms with van der Waals surface area (Å²) in [6.07, 6.45) is 3.96. The number of nitrogens with zero attached hydrogens (tertiary/aromatic N) is 1. The van der Waals surface area contributed by atoms with E-state index in [2.05, 4.69) is 18.7 Å². The van der Waals surface area contributed by atoms with E-state index in [1.807, 2.05) is 0 Å². The molecule has 0 saturated carbocycles. The van der Waals surface area contributed by atoms with Crippen LogP contribution in [-0.4, -0.2) is 29.3 Å². The number of rotatable bonds is 3. The molecule has 1 aliphatic heterocycles. The Morgan fingerprint density at radius 1 is 1.50 bits per heavy atom. The van der Waals surface area contributed by atoms with Gasteiger partial charge in [-0.2, -0.15) is 5.75 Å². The minimum Gasteiger partial charge on any atom is -0.793 e. The molecule has 3 heteroatoms. The molecule has 1 unspecified atom stereocenters. The summed E-state index contributed by atoms with van der Waals surface area (Å²) >= 11 is 5.00. The molecule has 1 fully saturated rings. The van der Waals surface area contributed by atoms with Gasteiger partial charge in [0.2, 0.25) is 0 Å². The van der Waals surface area contributed by atoms with Crippen LogP contribution >= 0.6 is 0 Å². The van der Waals surface area contributed by atoms with Crippen molar-refractivity contribution in [3.8, 4) is 0 Å². The zero-order valence-electron chi connectivity index (χ0n) is 7.99. The first-order valence-electron chi connectivity index (χ1n) is 4.59. The molecule has 0 aliphatic carbocycles. The van der Waals surface area contributed by atoms with Crippen molar-refractivity contribution in [1.29, 1.82) is 0 Å². The number of hydrogen-bond donors (Lipinski definition) is 0. The maximum atomic E-state index is 5.00. The smallest absolute Gasteiger partial charge is 0.00801 e. The number of likely N-dealkylation sites (tertiary alicyclic amines) is 1. The fraction of sp³-hybridized carbons (Fsp3) is 1.00. The Labute approximate surface area is 97.2 Å². The van der Waals surface area contributed by atoms with Gasteiger partial charge in [0.15, 0.2) is 0 Å². The van der Waals surface area contributed by atoms with Crippen LogP contribution in [0.1, 0.15) is 33.1 Å². The molecular formula is C9H18NSTa-. The standard InChI is InChI=1S/C9H19NS.Ta/c1-8(2)10-6-3-4-9(10)5-7-11;/h8-9,11H,3-7H2,1-2H3;/p-1. The van der Waals surface area contributed by atoms with Crippen molar-refractivity contribution < 1.29 is 22.4 Å². The van der Waals surface area contributed by atoms with Crippen LogP contribution in [0.25, 0.3) is 0 Å². The summed E-state index contributed by atoms with van der Waals surface area (Å²) in [6.45, 7) is 5.85. The van der Waals surface area contributed by atoms with Gasteiger partial charge >= 0.3 is 0 Å². The van der Waals surface area contributed by atoms with E-state index in [0.717, 1.165) is 11.8 Å². The Hall–Kier alpha value is 1.05. The number of hydrogen-bond acceptors (Lipinski definition) is 2. The van der Waals surface area contributed by atoms with E-state index >= 15 is 0 Å². The van der Waals surface area contributed by atoms with Crippen LogP contribution < -0.4 is 0 Å². The normalized spacial score (nSPS) is 24.5. The van der Waals surface area contributed by atoms with Crippen LogP contribution in [0.15, 0.2) is 0 Å². The van der Waals surface area contributed by atoms with E-state index in [1.54, 1.807) is 0 Å². The third-order valence-electron chi connectivity index (χ3n) is 2.54. The maximum absolute atomic E-state index is 5.00. The van der Waals surface area contributed by atoms with Gasteiger partial charge in [-0.3, -0.25) is 4.90 Å². The fourth-order valence-corrected chi connectivity index (χ4v) is 2.26. The van der Waals surface area contributed by atoms with E-state index in [9.17, 15) is 0 Å². The van der Waals surface area contributed by atoms with Gasteiger partial charge in [0.1, 0.15) is 0 Å². The predicted molar refractivity (Wildman–Crippen MR) is 51.7 cm³/mol. The summed E-state index contributed by atoms with van der Waals surface area (Å²) in [5, 5.41) is 0. The minimum atomic E-state index is 0. The second-order valence-electron chi connectivity index (χ2n) is 3.62. The zero-order chi connectivity index (χ0) is 8.27.